The van der Waals surface area contributed by atoms with Crippen molar-refractivity contribution in [3.63, 3.8) is 0 Å². The lowest BCUT2D eigenvalue weighted by atomic mass is 10.2. The van der Waals surface area contributed by atoms with E-state index in [0.29, 0.717) is 22.4 Å². The molecule has 2 fully saturated rings. The van der Waals surface area contributed by atoms with Crippen molar-refractivity contribution in [1.82, 2.24) is 9.97 Å². The highest BCUT2D eigenvalue weighted by molar-refractivity contribution is 14.1. The highest BCUT2D eigenvalue weighted by atomic mass is 127. The Morgan fingerprint density at radius 3 is 2.79 bits per heavy atom. The van der Waals surface area contributed by atoms with Crippen molar-refractivity contribution in [2.75, 3.05) is 30.0 Å². The number of anilines is 2. The minimum Gasteiger partial charge on any atom is -0.394 e. The molecular formula is C18H29IN4O4S. The summed E-state index contributed by atoms with van der Waals surface area (Å²) in [5.74, 6) is 0.920. The highest BCUT2D eigenvalue weighted by Gasteiger charge is 2.54. The lowest BCUT2D eigenvalue weighted by molar-refractivity contribution is -0.167. The Morgan fingerprint density at radius 1 is 1.36 bits per heavy atom. The molecule has 3 rings (SSSR count). The number of hydrogen-bond donors (Lipinski definition) is 3. The largest absolute Gasteiger partial charge is 0.394 e. The number of halogens is 1. The number of hydrogen-bond acceptors (Lipinski definition) is 9. The van der Waals surface area contributed by atoms with Crippen LogP contribution in [-0.2, 0) is 18.6 Å². The van der Waals surface area contributed by atoms with Crippen LogP contribution in [0.4, 0.5) is 11.5 Å². The van der Waals surface area contributed by atoms with Gasteiger partial charge in [-0.25, -0.2) is 9.97 Å². The van der Waals surface area contributed by atoms with E-state index in [9.17, 15) is 0 Å². The molecule has 1 saturated carbocycles. The second kappa shape index (κ2) is 9.61. The van der Waals surface area contributed by atoms with Crippen molar-refractivity contribution in [2.24, 2.45) is 0 Å². The molecule has 0 spiro atoms. The van der Waals surface area contributed by atoms with E-state index >= 15 is 0 Å². The van der Waals surface area contributed by atoms with Crippen LogP contribution in [0, 0.1) is 0 Å². The standard InChI is InChI=1S/C18H29IN4O4S/c1-4-7-28-17-22-11(9-19)13(20)16(23-17)21-10-8-12(25-6-5-24)15-14(10)26-18(2,3)27-15/h10,12,14-15,24H,4-9,20H2,1-3H3,(H,21,22,23)/t10-,12+,14+,15-/m1/s1. The van der Waals surface area contributed by atoms with Crippen LogP contribution in [0.1, 0.15) is 39.3 Å². The zero-order valence-electron chi connectivity index (χ0n) is 16.5. The van der Waals surface area contributed by atoms with Gasteiger partial charge < -0.3 is 30.4 Å². The quantitative estimate of drug-likeness (QED) is 0.194. The number of thioether (sulfide) groups is 1. The Hall–Kier alpha value is -0.400. The zero-order valence-corrected chi connectivity index (χ0v) is 19.5. The van der Waals surface area contributed by atoms with E-state index < -0.39 is 5.79 Å². The summed E-state index contributed by atoms with van der Waals surface area (Å²) in [4.78, 5) is 9.23. The minimum atomic E-state index is -0.677. The monoisotopic (exact) mass is 524 g/mol. The van der Waals surface area contributed by atoms with Gasteiger partial charge in [-0.15, -0.1) is 0 Å². The summed E-state index contributed by atoms with van der Waals surface area (Å²) in [7, 11) is 0. The van der Waals surface area contributed by atoms with Gasteiger partial charge in [0.1, 0.15) is 12.2 Å². The summed E-state index contributed by atoms with van der Waals surface area (Å²) in [5.41, 5.74) is 7.75. The van der Waals surface area contributed by atoms with E-state index in [4.69, 9.17) is 25.1 Å². The van der Waals surface area contributed by atoms with Crippen LogP contribution in [0.15, 0.2) is 5.16 Å². The Labute approximate surface area is 183 Å². The van der Waals surface area contributed by atoms with Crippen molar-refractivity contribution in [2.45, 2.75) is 73.3 Å². The number of alkyl halides is 1. The molecule has 158 valence electrons. The van der Waals surface area contributed by atoms with Crippen molar-refractivity contribution < 1.29 is 19.3 Å². The fourth-order valence-electron chi connectivity index (χ4n) is 3.58. The summed E-state index contributed by atoms with van der Waals surface area (Å²) in [6.45, 7) is 6.19. The van der Waals surface area contributed by atoms with E-state index in [1.165, 1.54) is 0 Å². The molecule has 4 N–H and O–H groups in total. The van der Waals surface area contributed by atoms with Gasteiger partial charge in [-0.3, -0.25) is 0 Å². The molecule has 2 aliphatic rings. The van der Waals surface area contributed by atoms with Gasteiger partial charge >= 0.3 is 0 Å². The average Bonchev–Trinajstić information content (AvgIpc) is 3.14. The van der Waals surface area contributed by atoms with Crippen molar-refractivity contribution in [1.29, 1.82) is 0 Å². The lowest BCUT2D eigenvalue weighted by Crippen LogP contribution is -2.35. The van der Waals surface area contributed by atoms with Gasteiger partial charge in [0, 0.05) is 10.2 Å². The van der Waals surface area contributed by atoms with Crippen LogP contribution in [0.2, 0.25) is 0 Å². The zero-order chi connectivity index (χ0) is 20.3. The van der Waals surface area contributed by atoms with Crippen LogP contribution in [-0.4, -0.2) is 64.2 Å². The molecule has 1 aliphatic carbocycles. The van der Waals surface area contributed by atoms with Crippen molar-refractivity contribution in [3.05, 3.63) is 5.69 Å². The second-order valence-electron chi connectivity index (χ2n) is 7.38. The maximum atomic E-state index is 9.12. The molecule has 4 atom stereocenters. The summed E-state index contributed by atoms with van der Waals surface area (Å²) < 4.78 is 18.7. The van der Waals surface area contributed by atoms with Crippen molar-refractivity contribution >= 4 is 45.9 Å². The topological polar surface area (TPSA) is 112 Å². The van der Waals surface area contributed by atoms with Gasteiger partial charge in [0.05, 0.1) is 36.7 Å². The maximum absolute atomic E-state index is 9.12. The predicted molar refractivity (Wildman–Crippen MR) is 118 cm³/mol. The molecular weight excluding hydrogens is 495 g/mol. The van der Waals surface area contributed by atoms with Crippen LogP contribution in [0.5, 0.6) is 0 Å². The molecule has 10 heteroatoms. The molecule has 8 nitrogen and oxygen atoms in total. The number of nitrogens with two attached hydrogens (primary N) is 1. The number of aromatic nitrogens is 2. The van der Waals surface area contributed by atoms with E-state index in [-0.39, 0.29) is 37.6 Å². The molecule has 0 amide bonds. The van der Waals surface area contributed by atoms with Gasteiger partial charge in [-0.1, -0.05) is 41.3 Å². The van der Waals surface area contributed by atoms with Gasteiger partial charge in [0.15, 0.2) is 16.8 Å². The number of rotatable bonds is 9. The number of ether oxygens (including phenoxy) is 3. The highest BCUT2D eigenvalue weighted by Crippen LogP contribution is 2.41. The van der Waals surface area contributed by atoms with Crippen LogP contribution >= 0.6 is 34.4 Å². The first-order valence-electron chi connectivity index (χ1n) is 9.58. The molecule has 1 aromatic rings. The van der Waals surface area contributed by atoms with Gasteiger partial charge in [0.25, 0.3) is 0 Å². The van der Waals surface area contributed by atoms with Crippen LogP contribution in [0.25, 0.3) is 0 Å². The van der Waals surface area contributed by atoms with Crippen molar-refractivity contribution in [3.8, 4) is 0 Å². The summed E-state index contributed by atoms with van der Waals surface area (Å²) >= 11 is 3.90. The second-order valence-corrected chi connectivity index (χ2v) is 9.21. The fourth-order valence-corrected chi connectivity index (χ4v) is 4.88. The van der Waals surface area contributed by atoms with Crippen LogP contribution < -0.4 is 11.1 Å². The number of nitrogens with zero attached hydrogens (tertiary/aromatic N) is 2. The number of nitrogens with one attached hydrogen (secondary N) is 1. The predicted octanol–water partition coefficient (Wildman–Crippen LogP) is 2.58. The van der Waals surface area contributed by atoms with Gasteiger partial charge in [-0.05, 0) is 26.7 Å². The maximum Gasteiger partial charge on any atom is 0.189 e. The number of fused-ring (bicyclic) bond motifs is 1. The normalized spacial score (nSPS) is 28.5. The molecule has 0 aromatic carbocycles. The summed E-state index contributed by atoms with van der Waals surface area (Å²) in [6.07, 6.45) is 1.21. The molecule has 0 bridgehead atoms. The first-order chi connectivity index (χ1) is 13.4. The first kappa shape index (κ1) is 22.3. The molecule has 1 aromatic heterocycles. The molecule has 1 aliphatic heterocycles. The van der Waals surface area contributed by atoms with E-state index in [1.807, 2.05) is 13.8 Å². The smallest absolute Gasteiger partial charge is 0.189 e. The van der Waals surface area contributed by atoms with Gasteiger partial charge in [0.2, 0.25) is 0 Å². The van der Waals surface area contributed by atoms with Crippen LogP contribution in [0.3, 0.4) is 0 Å². The fraction of sp³-hybridized carbons (Fsp3) is 0.778. The Kier molecular flexibility index (Phi) is 7.65. The summed E-state index contributed by atoms with van der Waals surface area (Å²) in [6, 6.07) is -0.0567. The Bertz CT molecular complexity index is 681. The SMILES string of the molecule is CCCSc1nc(CI)c(N)c(N[C@@H]2C[C@H](OCCO)[C@H]3OC(C)(C)O[C@H]32)n1. The Morgan fingerprint density at radius 2 is 2.11 bits per heavy atom. The summed E-state index contributed by atoms with van der Waals surface area (Å²) in [5, 5.41) is 13.3. The van der Waals surface area contributed by atoms with E-state index in [0.717, 1.165) is 23.0 Å². The number of aliphatic hydroxyl groups excluding tert-OH is 1. The first-order valence-corrected chi connectivity index (χ1v) is 12.1. The lowest BCUT2D eigenvalue weighted by Gasteiger charge is -2.25. The number of aliphatic hydroxyl groups is 1. The molecule has 28 heavy (non-hydrogen) atoms. The molecule has 0 radical (unpaired) electrons. The van der Waals surface area contributed by atoms with E-state index in [2.05, 4.69) is 44.8 Å². The number of nitrogen functional groups attached to an aromatic ring is 1. The molecule has 0 unspecified atom stereocenters. The molecule has 1 saturated heterocycles. The van der Waals surface area contributed by atoms with E-state index in [1.54, 1.807) is 11.8 Å². The third kappa shape index (κ3) is 5.01. The third-order valence-corrected chi connectivity index (χ3v) is 6.50. The van der Waals surface area contributed by atoms with Gasteiger partial charge in [-0.2, -0.15) is 0 Å². The third-order valence-electron chi connectivity index (χ3n) is 4.72. The average molecular weight is 524 g/mol. The minimum absolute atomic E-state index is 0.0217. The molecule has 2 heterocycles. The Balaban J connectivity index is 1.81.